The maximum atomic E-state index is 12.1. The Morgan fingerprint density at radius 3 is 2.70 bits per heavy atom. The van der Waals surface area contributed by atoms with Crippen molar-refractivity contribution in [1.29, 1.82) is 0 Å². The molecule has 1 aromatic rings. The number of nitrogens with one attached hydrogen (secondary N) is 2. The fourth-order valence-electron chi connectivity index (χ4n) is 2.63. The molecule has 0 aromatic heterocycles. The molecular weight excluding hydrogens is 296 g/mol. The van der Waals surface area contributed by atoms with Crippen LogP contribution in [0.15, 0.2) is 30.3 Å². The van der Waals surface area contributed by atoms with Crippen LogP contribution in [-0.4, -0.2) is 37.0 Å². The highest BCUT2D eigenvalue weighted by Crippen LogP contribution is 2.10. The highest BCUT2D eigenvalue weighted by molar-refractivity contribution is 5.93. The van der Waals surface area contributed by atoms with Crippen LogP contribution in [0.5, 0.6) is 0 Å². The summed E-state index contributed by atoms with van der Waals surface area (Å²) in [5.41, 5.74) is 1.19. The molecule has 0 unspecified atom stereocenters. The molecule has 124 valence electrons. The summed E-state index contributed by atoms with van der Waals surface area (Å²) in [4.78, 5) is 35.1. The number of amides is 2. The minimum Gasteiger partial charge on any atom is -0.467 e. The van der Waals surface area contributed by atoms with E-state index in [1.54, 1.807) is 0 Å². The Labute approximate surface area is 135 Å². The lowest BCUT2D eigenvalue weighted by Gasteiger charge is -2.19. The molecule has 2 rings (SSSR count). The van der Waals surface area contributed by atoms with E-state index in [2.05, 4.69) is 10.6 Å². The van der Waals surface area contributed by atoms with Gasteiger partial charge in [0.25, 0.3) is 0 Å². The third-order valence-corrected chi connectivity index (χ3v) is 3.92. The van der Waals surface area contributed by atoms with E-state index >= 15 is 0 Å². The van der Waals surface area contributed by atoms with Crippen LogP contribution in [0.2, 0.25) is 0 Å². The van der Waals surface area contributed by atoms with E-state index in [-0.39, 0.29) is 11.8 Å². The monoisotopic (exact) mass is 318 g/mol. The van der Waals surface area contributed by atoms with Gasteiger partial charge in [0, 0.05) is 6.42 Å². The zero-order chi connectivity index (χ0) is 16.7. The normalized spacial score (nSPS) is 18.1. The Morgan fingerprint density at radius 1 is 1.35 bits per heavy atom. The van der Waals surface area contributed by atoms with Gasteiger partial charge in [0.2, 0.25) is 11.8 Å². The summed E-state index contributed by atoms with van der Waals surface area (Å²) in [5.74, 6) is -0.925. The minimum atomic E-state index is -0.686. The number of hydrogen-bond donors (Lipinski definition) is 2. The number of carbonyl (C=O) groups is 3. The van der Waals surface area contributed by atoms with Gasteiger partial charge in [-0.2, -0.15) is 0 Å². The third-order valence-electron chi connectivity index (χ3n) is 3.92. The molecule has 0 radical (unpaired) electrons. The van der Waals surface area contributed by atoms with Crippen LogP contribution in [0, 0.1) is 0 Å². The SMILES string of the molecule is COC(=O)[C@H](CCCc1ccccc1)NC(=O)[C@H]1CCC(=O)N1. The molecule has 6 nitrogen and oxygen atoms in total. The van der Waals surface area contributed by atoms with Crippen molar-refractivity contribution in [2.75, 3.05) is 7.11 Å². The van der Waals surface area contributed by atoms with Gasteiger partial charge in [-0.05, 0) is 31.2 Å². The van der Waals surface area contributed by atoms with Crippen LogP contribution < -0.4 is 10.6 Å². The molecule has 1 fully saturated rings. The maximum absolute atomic E-state index is 12.1. The average Bonchev–Trinajstić information content (AvgIpc) is 3.00. The van der Waals surface area contributed by atoms with E-state index in [0.717, 1.165) is 12.8 Å². The van der Waals surface area contributed by atoms with Crippen molar-refractivity contribution in [2.24, 2.45) is 0 Å². The van der Waals surface area contributed by atoms with E-state index in [1.807, 2.05) is 30.3 Å². The maximum Gasteiger partial charge on any atom is 0.328 e. The van der Waals surface area contributed by atoms with Crippen molar-refractivity contribution < 1.29 is 19.1 Å². The summed E-state index contributed by atoms with van der Waals surface area (Å²) in [7, 11) is 1.30. The molecule has 2 atom stereocenters. The van der Waals surface area contributed by atoms with E-state index in [0.29, 0.717) is 19.3 Å². The summed E-state index contributed by atoms with van der Waals surface area (Å²) in [6.45, 7) is 0. The second kappa shape index (κ2) is 8.31. The van der Waals surface area contributed by atoms with E-state index in [1.165, 1.54) is 12.7 Å². The van der Waals surface area contributed by atoms with Gasteiger partial charge >= 0.3 is 5.97 Å². The van der Waals surface area contributed by atoms with Crippen LogP contribution >= 0.6 is 0 Å². The second-order valence-corrected chi connectivity index (χ2v) is 5.62. The molecular formula is C17H22N2O4. The lowest BCUT2D eigenvalue weighted by molar-refractivity contribution is -0.145. The lowest BCUT2D eigenvalue weighted by atomic mass is 10.0. The lowest BCUT2D eigenvalue weighted by Crippen LogP contribution is -2.49. The molecule has 1 aromatic carbocycles. The summed E-state index contributed by atoms with van der Waals surface area (Å²) in [6, 6.07) is 8.71. The molecule has 1 aliphatic rings. The third kappa shape index (κ3) is 5.09. The first kappa shape index (κ1) is 17.0. The van der Waals surface area contributed by atoms with Crippen LogP contribution in [-0.2, 0) is 25.5 Å². The van der Waals surface area contributed by atoms with Crippen molar-refractivity contribution >= 4 is 17.8 Å². The fraction of sp³-hybridized carbons (Fsp3) is 0.471. The molecule has 0 spiro atoms. The number of esters is 1. The first-order chi connectivity index (χ1) is 11.1. The predicted molar refractivity (Wildman–Crippen MR) is 84.5 cm³/mol. The van der Waals surface area contributed by atoms with Crippen LogP contribution in [0.4, 0.5) is 0 Å². The molecule has 0 saturated carbocycles. The Morgan fingerprint density at radius 2 is 2.09 bits per heavy atom. The number of methoxy groups -OCH3 is 1. The summed E-state index contributed by atoms with van der Waals surface area (Å²) in [5, 5.41) is 5.28. The van der Waals surface area contributed by atoms with Crippen molar-refractivity contribution in [2.45, 2.75) is 44.2 Å². The first-order valence-electron chi connectivity index (χ1n) is 7.81. The minimum absolute atomic E-state index is 0.135. The summed E-state index contributed by atoms with van der Waals surface area (Å²) < 4.78 is 4.76. The second-order valence-electron chi connectivity index (χ2n) is 5.62. The first-order valence-corrected chi connectivity index (χ1v) is 7.81. The van der Waals surface area contributed by atoms with Gasteiger partial charge in [0.15, 0.2) is 0 Å². The van der Waals surface area contributed by atoms with Crippen molar-refractivity contribution in [3.05, 3.63) is 35.9 Å². The highest BCUT2D eigenvalue weighted by Gasteiger charge is 2.30. The molecule has 2 N–H and O–H groups in total. The molecule has 6 heteroatoms. The van der Waals surface area contributed by atoms with Gasteiger partial charge in [-0.1, -0.05) is 30.3 Å². The number of hydrogen-bond acceptors (Lipinski definition) is 4. The molecule has 1 aliphatic heterocycles. The number of aryl methyl sites for hydroxylation is 1. The molecule has 1 heterocycles. The van der Waals surface area contributed by atoms with Gasteiger partial charge < -0.3 is 15.4 Å². The Balaban J connectivity index is 1.85. The van der Waals surface area contributed by atoms with Gasteiger partial charge in [-0.3, -0.25) is 9.59 Å². The Bertz CT molecular complexity index is 559. The van der Waals surface area contributed by atoms with Crippen molar-refractivity contribution in [3.63, 3.8) is 0 Å². The van der Waals surface area contributed by atoms with Gasteiger partial charge in [0.05, 0.1) is 7.11 Å². The molecule has 0 aliphatic carbocycles. The number of benzene rings is 1. The predicted octanol–water partition coefficient (Wildman–Crippen LogP) is 0.946. The smallest absolute Gasteiger partial charge is 0.328 e. The number of carbonyl (C=O) groups excluding carboxylic acids is 3. The van der Waals surface area contributed by atoms with Gasteiger partial charge in [-0.25, -0.2) is 4.79 Å². The fourth-order valence-corrected chi connectivity index (χ4v) is 2.63. The van der Waals surface area contributed by atoms with Crippen molar-refractivity contribution in [1.82, 2.24) is 10.6 Å². The molecule has 2 amide bonds. The molecule has 1 saturated heterocycles. The van der Waals surface area contributed by atoms with Crippen LogP contribution in [0.25, 0.3) is 0 Å². The molecule has 23 heavy (non-hydrogen) atoms. The average molecular weight is 318 g/mol. The van der Waals surface area contributed by atoms with E-state index < -0.39 is 18.1 Å². The summed E-state index contributed by atoms with van der Waals surface area (Å²) >= 11 is 0. The quantitative estimate of drug-likeness (QED) is 0.733. The van der Waals surface area contributed by atoms with Gasteiger partial charge in [0.1, 0.15) is 12.1 Å². The van der Waals surface area contributed by atoms with Crippen molar-refractivity contribution in [3.8, 4) is 0 Å². The zero-order valence-electron chi connectivity index (χ0n) is 13.2. The summed E-state index contributed by atoms with van der Waals surface area (Å²) in [6.07, 6.45) is 2.87. The molecule has 0 bridgehead atoms. The zero-order valence-corrected chi connectivity index (χ0v) is 13.2. The van der Waals surface area contributed by atoms with E-state index in [4.69, 9.17) is 4.74 Å². The van der Waals surface area contributed by atoms with E-state index in [9.17, 15) is 14.4 Å². The topological polar surface area (TPSA) is 84.5 Å². The number of rotatable bonds is 7. The van der Waals surface area contributed by atoms with Crippen LogP contribution in [0.3, 0.4) is 0 Å². The van der Waals surface area contributed by atoms with Gasteiger partial charge in [-0.15, -0.1) is 0 Å². The standard InChI is InChI=1S/C17H22N2O4/c1-23-17(22)14(9-5-8-12-6-3-2-4-7-12)19-16(21)13-10-11-15(20)18-13/h2-4,6-7,13-14H,5,8-11H2,1H3,(H,18,20)(H,19,21)/t13-,14+/m1/s1. The largest absolute Gasteiger partial charge is 0.467 e. The van der Waals surface area contributed by atoms with Crippen LogP contribution in [0.1, 0.15) is 31.2 Å². The highest BCUT2D eigenvalue weighted by atomic mass is 16.5. The Hall–Kier alpha value is -2.37. The number of ether oxygens (including phenoxy) is 1. The Kier molecular flexibility index (Phi) is 6.14.